The highest BCUT2D eigenvalue weighted by molar-refractivity contribution is 7.99. The van der Waals surface area contributed by atoms with E-state index in [1.165, 1.54) is 0 Å². The van der Waals surface area contributed by atoms with E-state index in [9.17, 15) is 0 Å². The SMILES string of the molecule is CCSc1cccc(OC(C)CC(C)C)c1C(N)=S. The van der Waals surface area contributed by atoms with Gasteiger partial charge in [0.15, 0.2) is 0 Å². The van der Waals surface area contributed by atoms with Gasteiger partial charge in [-0.1, -0.05) is 39.1 Å². The Hall–Kier alpha value is -0.740. The van der Waals surface area contributed by atoms with Gasteiger partial charge in [0.05, 0.1) is 11.7 Å². The van der Waals surface area contributed by atoms with Crippen molar-refractivity contribution < 1.29 is 4.74 Å². The second-order valence-electron chi connectivity index (χ2n) is 4.98. The molecule has 0 amide bonds. The molecule has 106 valence electrons. The average molecular weight is 297 g/mol. The fourth-order valence-corrected chi connectivity index (χ4v) is 3.17. The molecule has 0 radical (unpaired) electrons. The van der Waals surface area contributed by atoms with Crippen LogP contribution in [0.3, 0.4) is 0 Å². The van der Waals surface area contributed by atoms with Gasteiger partial charge in [-0.15, -0.1) is 11.8 Å². The zero-order valence-corrected chi connectivity index (χ0v) is 13.7. The highest BCUT2D eigenvalue weighted by atomic mass is 32.2. The Balaban J connectivity index is 2.99. The summed E-state index contributed by atoms with van der Waals surface area (Å²) >= 11 is 6.91. The number of thioether (sulfide) groups is 1. The standard InChI is InChI=1S/C15H23NOS2/c1-5-19-13-8-6-7-12(14(13)15(16)18)17-11(4)9-10(2)3/h6-8,10-11H,5,9H2,1-4H3,(H2,16,18). The second-order valence-corrected chi connectivity index (χ2v) is 6.73. The number of nitrogens with two attached hydrogens (primary N) is 1. The van der Waals surface area contributed by atoms with Crippen LogP contribution in [0.5, 0.6) is 5.75 Å². The van der Waals surface area contributed by atoms with Crippen molar-refractivity contribution in [2.75, 3.05) is 5.75 Å². The van der Waals surface area contributed by atoms with Crippen LogP contribution >= 0.6 is 24.0 Å². The minimum atomic E-state index is 0.162. The van der Waals surface area contributed by atoms with E-state index in [4.69, 9.17) is 22.7 Å². The molecule has 0 bridgehead atoms. The van der Waals surface area contributed by atoms with Crippen LogP contribution in [0.2, 0.25) is 0 Å². The molecular weight excluding hydrogens is 274 g/mol. The molecule has 0 saturated heterocycles. The lowest BCUT2D eigenvalue weighted by Gasteiger charge is -2.20. The Labute approximate surface area is 126 Å². The number of hydrogen-bond donors (Lipinski definition) is 1. The number of benzene rings is 1. The van der Waals surface area contributed by atoms with Crippen LogP contribution in [0.15, 0.2) is 23.1 Å². The molecule has 1 aromatic carbocycles. The first-order valence-corrected chi connectivity index (χ1v) is 8.07. The van der Waals surface area contributed by atoms with Gasteiger partial charge in [0, 0.05) is 4.90 Å². The van der Waals surface area contributed by atoms with Crippen LogP contribution < -0.4 is 10.5 Å². The van der Waals surface area contributed by atoms with Crippen LogP contribution in [0, 0.1) is 5.92 Å². The fraction of sp³-hybridized carbons (Fsp3) is 0.533. The highest BCUT2D eigenvalue weighted by Crippen LogP contribution is 2.31. The maximum absolute atomic E-state index is 6.02. The summed E-state index contributed by atoms with van der Waals surface area (Å²) in [6, 6.07) is 5.99. The van der Waals surface area contributed by atoms with Gasteiger partial charge in [-0.25, -0.2) is 0 Å². The molecule has 1 rings (SSSR count). The molecule has 1 aromatic rings. The van der Waals surface area contributed by atoms with Crippen molar-refractivity contribution >= 4 is 29.0 Å². The Morgan fingerprint density at radius 3 is 2.58 bits per heavy atom. The number of ether oxygens (including phenoxy) is 1. The van der Waals surface area contributed by atoms with Gasteiger partial charge < -0.3 is 10.5 Å². The molecule has 0 aliphatic carbocycles. The molecule has 0 aliphatic heterocycles. The van der Waals surface area contributed by atoms with E-state index in [1.807, 2.05) is 18.2 Å². The van der Waals surface area contributed by atoms with Gasteiger partial charge in [-0.2, -0.15) is 0 Å². The molecule has 1 atom stereocenters. The van der Waals surface area contributed by atoms with Crippen molar-refractivity contribution in [3.8, 4) is 5.75 Å². The van der Waals surface area contributed by atoms with E-state index < -0.39 is 0 Å². The molecule has 4 heteroatoms. The number of rotatable bonds is 7. The minimum absolute atomic E-state index is 0.162. The van der Waals surface area contributed by atoms with E-state index in [2.05, 4.69) is 27.7 Å². The number of thiocarbonyl (C=S) groups is 1. The molecule has 0 fully saturated rings. The average Bonchev–Trinajstić information content (AvgIpc) is 2.27. The summed E-state index contributed by atoms with van der Waals surface area (Å²) in [6.07, 6.45) is 1.18. The van der Waals surface area contributed by atoms with Crippen LogP contribution in [0.4, 0.5) is 0 Å². The van der Waals surface area contributed by atoms with Gasteiger partial charge >= 0.3 is 0 Å². The molecule has 0 heterocycles. The lowest BCUT2D eigenvalue weighted by atomic mass is 10.1. The van der Waals surface area contributed by atoms with Gasteiger partial charge in [0.25, 0.3) is 0 Å². The molecule has 19 heavy (non-hydrogen) atoms. The highest BCUT2D eigenvalue weighted by Gasteiger charge is 2.15. The molecule has 2 nitrogen and oxygen atoms in total. The third-order valence-corrected chi connectivity index (χ3v) is 3.81. The third-order valence-electron chi connectivity index (χ3n) is 2.67. The Bertz CT molecular complexity index is 432. The maximum atomic E-state index is 6.02. The topological polar surface area (TPSA) is 35.2 Å². The lowest BCUT2D eigenvalue weighted by molar-refractivity contribution is 0.192. The summed E-state index contributed by atoms with van der Waals surface area (Å²) in [7, 11) is 0. The van der Waals surface area contributed by atoms with E-state index in [0.29, 0.717) is 10.9 Å². The molecule has 2 N–H and O–H groups in total. The van der Waals surface area contributed by atoms with Crippen molar-refractivity contribution in [1.29, 1.82) is 0 Å². The van der Waals surface area contributed by atoms with E-state index >= 15 is 0 Å². The van der Waals surface area contributed by atoms with E-state index in [-0.39, 0.29) is 6.10 Å². The fourth-order valence-electron chi connectivity index (χ4n) is 2.06. The van der Waals surface area contributed by atoms with Crippen LogP contribution in [0.1, 0.15) is 39.7 Å². The van der Waals surface area contributed by atoms with Gasteiger partial charge in [-0.05, 0) is 37.1 Å². The quantitative estimate of drug-likeness (QED) is 0.603. The Morgan fingerprint density at radius 2 is 2.05 bits per heavy atom. The zero-order valence-electron chi connectivity index (χ0n) is 12.1. The monoisotopic (exact) mass is 297 g/mol. The third kappa shape index (κ3) is 5.03. The van der Waals surface area contributed by atoms with Crippen molar-refractivity contribution in [2.45, 2.75) is 45.1 Å². The number of hydrogen-bond acceptors (Lipinski definition) is 3. The van der Waals surface area contributed by atoms with Gasteiger partial charge in [0.1, 0.15) is 10.7 Å². The van der Waals surface area contributed by atoms with E-state index in [0.717, 1.165) is 28.4 Å². The second kappa shape index (κ2) is 7.75. The minimum Gasteiger partial charge on any atom is -0.490 e. The summed E-state index contributed by atoms with van der Waals surface area (Å²) in [5.41, 5.74) is 6.74. The molecule has 0 aromatic heterocycles. The Morgan fingerprint density at radius 1 is 1.37 bits per heavy atom. The molecule has 0 aliphatic rings. The summed E-state index contributed by atoms with van der Waals surface area (Å²) in [5.74, 6) is 2.40. The van der Waals surface area contributed by atoms with Gasteiger partial charge in [-0.3, -0.25) is 0 Å². The molecule has 0 spiro atoms. The van der Waals surface area contributed by atoms with Crippen molar-refractivity contribution in [2.24, 2.45) is 11.7 Å². The predicted molar refractivity (Wildman–Crippen MR) is 88.3 cm³/mol. The molecule has 0 saturated carbocycles. The first-order valence-electron chi connectivity index (χ1n) is 6.68. The lowest BCUT2D eigenvalue weighted by Crippen LogP contribution is -2.19. The Kier molecular flexibility index (Phi) is 6.66. The maximum Gasteiger partial charge on any atom is 0.131 e. The predicted octanol–water partition coefficient (Wildman–Crippen LogP) is 4.25. The molecule has 1 unspecified atom stereocenters. The van der Waals surface area contributed by atoms with Crippen molar-refractivity contribution in [3.05, 3.63) is 23.8 Å². The van der Waals surface area contributed by atoms with Crippen LogP contribution in [-0.2, 0) is 0 Å². The zero-order chi connectivity index (χ0) is 14.4. The van der Waals surface area contributed by atoms with Crippen molar-refractivity contribution in [1.82, 2.24) is 0 Å². The first-order chi connectivity index (χ1) is 8.95. The van der Waals surface area contributed by atoms with Crippen molar-refractivity contribution in [3.63, 3.8) is 0 Å². The van der Waals surface area contributed by atoms with Crippen LogP contribution in [0.25, 0.3) is 0 Å². The largest absolute Gasteiger partial charge is 0.490 e. The van der Waals surface area contributed by atoms with E-state index in [1.54, 1.807) is 11.8 Å². The summed E-state index contributed by atoms with van der Waals surface area (Å²) < 4.78 is 6.02. The summed E-state index contributed by atoms with van der Waals surface area (Å²) in [4.78, 5) is 1.51. The van der Waals surface area contributed by atoms with Crippen LogP contribution in [-0.4, -0.2) is 16.8 Å². The summed E-state index contributed by atoms with van der Waals surface area (Å²) in [6.45, 7) is 8.58. The molecular formula is C15H23NOS2. The smallest absolute Gasteiger partial charge is 0.131 e. The summed E-state index contributed by atoms with van der Waals surface area (Å²) in [5, 5.41) is 0. The van der Waals surface area contributed by atoms with Gasteiger partial charge in [0.2, 0.25) is 0 Å². The normalized spacial score (nSPS) is 12.5. The first kappa shape index (κ1) is 16.3.